The summed E-state index contributed by atoms with van der Waals surface area (Å²) in [5.74, 6) is -1.69. The number of halogens is 3. The van der Waals surface area contributed by atoms with Crippen molar-refractivity contribution >= 4 is 17.1 Å². The van der Waals surface area contributed by atoms with E-state index in [9.17, 15) is 18.0 Å². The number of hydrogen-bond acceptors (Lipinski definition) is 4. The summed E-state index contributed by atoms with van der Waals surface area (Å²) in [5, 5.41) is 5.10. The molecule has 1 aromatic heterocycles. The number of Topliss-reactive ketones (excluding diaryl/α,β-unsaturated/α-hetero) is 1. The van der Waals surface area contributed by atoms with E-state index in [2.05, 4.69) is 5.32 Å². The predicted molar refractivity (Wildman–Crippen MR) is 120 cm³/mol. The highest BCUT2D eigenvalue weighted by Crippen LogP contribution is 2.40. The van der Waals surface area contributed by atoms with E-state index in [1.54, 1.807) is 11.3 Å². The van der Waals surface area contributed by atoms with E-state index in [1.807, 2.05) is 53.9 Å². The normalized spacial score (nSPS) is 14.8. The van der Waals surface area contributed by atoms with Crippen molar-refractivity contribution in [2.24, 2.45) is 0 Å². The Labute approximate surface area is 189 Å². The first-order chi connectivity index (χ1) is 15.4. The molecule has 1 N–H and O–H groups in total. The SMILES string of the molecule is C1COCCN1.O=C(Cc1c(Cc2cccs2)ccc2c1Cc1ccccc1-2)C(F)(F)F. The molecule has 32 heavy (non-hydrogen) atoms. The molecule has 1 aliphatic heterocycles. The highest BCUT2D eigenvalue weighted by molar-refractivity contribution is 7.09. The average Bonchev–Trinajstić information content (AvgIpc) is 3.44. The molecule has 168 valence electrons. The van der Waals surface area contributed by atoms with Gasteiger partial charge in [-0.3, -0.25) is 4.79 Å². The number of hydrogen-bond donors (Lipinski definition) is 1. The van der Waals surface area contributed by atoms with E-state index in [1.165, 1.54) is 0 Å². The predicted octanol–water partition coefficient (Wildman–Crippen LogP) is 5.19. The van der Waals surface area contributed by atoms with Gasteiger partial charge in [0.1, 0.15) is 0 Å². The molecular weight excluding hydrogens is 435 g/mol. The second kappa shape index (κ2) is 9.98. The lowest BCUT2D eigenvalue weighted by molar-refractivity contribution is -0.170. The minimum absolute atomic E-state index is 0.537. The maximum Gasteiger partial charge on any atom is 0.450 e. The van der Waals surface area contributed by atoms with E-state index in [0.29, 0.717) is 18.4 Å². The molecule has 2 heterocycles. The van der Waals surface area contributed by atoms with Crippen LogP contribution in [0.4, 0.5) is 13.2 Å². The van der Waals surface area contributed by atoms with Crippen molar-refractivity contribution in [2.75, 3.05) is 26.3 Å². The summed E-state index contributed by atoms with van der Waals surface area (Å²) in [7, 11) is 0. The van der Waals surface area contributed by atoms with Gasteiger partial charge < -0.3 is 10.1 Å². The number of thiophene rings is 1. The Morgan fingerprint density at radius 1 is 1.00 bits per heavy atom. The molecule has 1 aliphatic carbocycles. The zero-order chi connectivity index (χ0) is 22.6. The molecule has 0 radical (unpaired) electrons. The van der Waals surface area contributed by atoms with Crippen LogP contribution in [0.2, 0.25) is 0 Å². The van der Waals surface area contributed by atoms with Crippen LogP contribution in [0.25, 0.3) is 11.1 Å². The smallest absolute Gasteiger partial charge is 0.379 e. The number of carbonyl (C=O) groups is 1. The van der Waals surface area contributed by atoms with Crippen molar-refractivity contribution in [1.82, 2.24) is 5.32 Å². The molecular formula is C25H24F3NO2S. The number of ether oxygens (including phenoxy) is 1. The van der Waals surface area contributed by atoms with E-state index in [-0.39, 0.29) is 0 Å². The van der Waals surface area contributed by atoms with Gasteiger partial charge in [0.15, 0.2) is 0 Å². The third kappa shape index (κ3) is 5.28. The lowest BCUT2D eigenvalue weighted by Gasteiger charge is -2.15. The number of ketones is 1. The lowest BCUT2D eigenvalue weighted by atomic mass is 9.91. The van der Waals surface area contributed by atoms with Gasteiger partial charge in [-0.1, -0.05) is 42.5 Å². The zero-order valence-electron chi connectivity index (χ0n) is 17.5. The second-order valence-electron chi connectivity index (χ2n) is 7.78. The highest BCUT2D eigenvalue weighted by Gasteiger charge is 2.39. The van der Waals surface area contributed by atoms with Crippen molar-refractivity contribution in [3.63, 3.8) is 0 Å². The van der Waals surface area contributed by atoms with Crippen LogP contribution < -0.4 is 5.32 Å². The van der Waals surface area contributed by atoms with Gasteiger partial charge in [0.25, 0.3) is 0 Å². The van der Waals surface area contributed by atoms with Crippen molar-refractivity contribution in [3.8, 4) is 11.1 Å². The summed E-state index contributed by atoms with van der Waals surface area (Å²) >= 11 is 1.56. The molecule has 1 saturated heterocycles. The molecule has 0 spiro atoms. The number of rotatable bonds is 4. The molecule has 2 aliphatic rings. The summed E-state index contributed by atoms with van der Waals surface area (Å²) in [6, 6.07) is 15.6. The summed E-state index contributed by atoms with van der Waals surface area (Å²) in [6.45, 7) is 3.83. The fourth-order valence-corrected chi connectivity index (χ4v) is 4.81. The van der Waals surface area contributed by atoms with Gasteiger partial charge in [0.05, 0.1) is 13.2 Å². The van der Waals surface area contributed by atoms with Crippen LogP contribution in [-0.2, 0) is 28.8 Å². The van der Waals surface area contributed by atoms with Gasteiger partial charge in [-0.25, -0.2) is 0 Å². The standard InChI is InChI=1S/C21H15F3OS.C4H9NO/c22-21(23,24)20(25)12-18-14(10-15-5-3-9-26-15)7-8-17-16-6-2-1-4-13(16)11-19(17)18;1-3-6-4-2-5-1/h1-9H,10-12H2;5H,1-4H2. The maximum atomic E-state index is 12.9. The average molecular weight is 460 g/mol. The van der Waals surface area contributed by atoms with E-state index >= 15 is 0 Å². The molecule has 3 aromatic rings. The Bertz CT molecular complexity index is 1060. The number of fused-ring (bicyclic) bond motifs is 3. The molecule has 0 amide bonds. The van der Waals surface area contributed by atoms with Gasteiger partial charge in [0.2, 0.25) is 5.78 Å². The Morgan fingerprint density at radius 2 is 1.78 bits per heavy atom. The Kier molecular flexibility index (Phi) is 7.08. The van der Waals surface area contributed by atoms with Gasteiger partial charge in [-0.2, -0.15) is 13.2 Å². The van der Waals surface area contributed by atoms with Crippen LogP contribution >= 0.6 is 11.3 Å². The fourth-order valence-electron chi connectivity index (χ4n) is 4.09. The number of nitrogens with one attached hydrogen (secondary N) is 1. The van der Waals surface area contributed by atoms with E-state index in [4.69, 9.17) is 4.74 Å². The van der Waals surface area contributed by atoms with Gasteiger partial charge in [-0.05, 0) is 51.2 Å². The molecule has 3 nitrogen and oxygen atoms in total. The molecule has 1 fully saturated rings. The third-order valence-corrected chi connectivity index (χ3v) is 6.52. The van der Waals surface area contributed by atoms with Crippen molar-refractivity contribution in [3.05, 3.63) is 81.0 Å². The number of morpholine rings is 1. The minimum atomic E-state index is -4.81. The second-order valence-corrected chi connectivity index (χ2v) is 8.81. The van der Waals surface area contributed by atoms with Crippen molar-refractivity contribution in [1.29, 1.82) is 0 Å². The Balaban J connectivity index is 0.000000354. The molecule has 0 unspecified atom stereocenters. The summed E-state index contributed by atoms with van der Waals surface area (Å²) in [4.78, 5) is 12.8. The number of alkyl halides is 3. The Hall–Kier alpha value is -2.48. The summed E-state index contributed by atoms with van der Waals surface area (Å²) in [5.41, 5.74) is 5.28. The Morgan fingerprint density at radius 3 is 2.41 bits per heavy atom. The monoisotopic (exact) mass is 459 g/mol. The minimum Gasteiger partial charge on any atom is -0.379 e. The first kappa shape index (κ1) is 22.7. The molecule has 0 bridgehead atoms. The molecule has 0 atom stereocenters. The summed E-state index contributed by atoms with van der Waals surface area (Å²) in [6.07, 6.45) is -4.29. The van der Waals surface area contributed by atoms with Crippen LogP contribution in [-0.4, -0.2) is 38.3 Å². The first-order valence-corrected chi connectivity index (χ1v) is 11.4. The lowest BCUT2D eigenvalue weighted by Crippen LogP contribution is -2.30. The number of carbonyl (C=O) groups excluding carboxylic acids is 1. The molecule has 2 aromatic carbocycles. The number of benzene rings is 2. The van der Waals surface area contributed by atoms with Crippen LogP contribution in [0.5, 0.6) is 0 Å². The van der Waals surface area contributed by atoms with Crippen molar-refractivity contribution in [2.45, 2.75) is 25.4 Å². The first-order valence-electron chi connectivity index (χ1n) is 10.6. The van der Waals surface area contributed by atoms with Crippen LogP contribution in [0.3, 0.4) is 0 Å². The molecule has 7 heteroatoms. The largest absolute Gasteiger partial charge is 0.450 e. The summed E-state index contributed by atoms with van der Waals surface area (Å²) < 4.78 is 43.7. The zero-order valence-corrected chi connectivity index (χ0v) is 18.3. The maximum absolute atomic E-state index is 12.9. The quantitative estimate of drug-likeness (QED) is 0.457. The van der Waals surface area contributed by atoms with Gasteiger partial charge >= 0.3 is 6.18 Å². The topological polar surface area (TPSA) is 38.3 Å². The van der Waals surface area contributed by atoms with Gasteiger partial charge in [-0.15, -0.1) is 11.3 Å². The van der Waals surface area contributed by atoms with E-state index in [0.717, 1.165) is 59.0 Å². The van der Waals surface area contributed by atoms with Gasteiger partial charge in [0, 0.05) is 30.8 Å². The molecule has 0 saturated carbocycles. The molecule has 5 rings (SSSR count). The van der Waals surface area contributed by atoms with E-state index < -0.39 is 18.4 Å². The van der Waals surface area contributed by atoms with Crippen molar-refractivity contribution < 1.29 is 22.7 Å². The van der Waals surface area contributed by atoms with Crippen LogP contribution in [0.1, 0.15) is 27.1 Å². The third-order valence-electron chi connectivity index (χ3n) is 5.65. The van der Waals surface area contributed by atoms with Crippen LogP contribution in [0, 0.1) is 0 Å². The van der Waals surface area contributed by atoms with Crippen LogP contribution in [0.15, 0.2) is 53.9 Å². The fraction of sp³-hybridized carbons (Fsp3) is 0.320. The highest BCUT2D eigenvalue weighted by atomic mass is 32.1.